The van der Waals surface area contributed by atoms with E-state index in [1.165, 1.54) is 0 Å². The van der Waals surface area contributed by atoms with Crippen molar-refractivity contribution in [2.24, 2.45) is 0 Å². The molecule has 0 aliphatic carbocycles. The summed E-state index contributed by atoms with van der Waals surface area (Å²) in [6.45, 7) is 0.572. The van der Waals surface area contributed by atoms with Crippen LogP contribution in [0.3, 0.4) is 0 Å². The van der Waals surface area contributed by atoms with Crippen molar-refractivity contribution in [3.8, 4) is 23.1 Å². The Balaban J connectivity index is 1.19. The SMILES string of the molecule is COc1ccc(-c2ccnc(NC3COC4C(OC(=O)Nc5cccc(C#N)c5)COC34)n2)cc1. The number of carbonyl (C=O) groups excluding carboxylic acids is 1. The minimum atomic E-state index is -0.634. The lowest BCUT2D eigenvalue weighted by Crippen LogP contribution is -2.38. The normalized spacial score (nSPS) is 22.6. The van der Waals surface area contributed by atoms with E-state index in [1.807, 2.05) is 36.4 Å². The van der Waals surface area contributed by atoms with Gasteiger partial charge in [0.15, 0.2) is 6.10 Å². The molecule has 2 fully saturated rings. The smallest absolute Gasteiger partial charge is 0.412 e. The van der Waals surface area contributed by atoms with Gasteiger partial charge in [0.2, 0.25) is 5.95 Å². The molecule has 2 saturated heterocycles. The predicted octanol–water partition coefficient (Wildman–Crippen LogP) is 3.22. The number of ether oxygens (including phenoxy) is 4. The lowest BCUT2D eigenvalue weighted by molar-refractivity contribution is 0.00917. The predicted molar refractivity (Wildman–Crippen MR) is 126 cm³/mol. The fraction of sp³-hybridized carbons (Fsp3) is 0.280. The van der Waals surface area contributed by atoms with Crippen molar-refractivity contribution < 1.29 is 23.7 Å². The Kier molecular flexibility index (Phi) is 6.43. The highest BCUT2D eigenvalue weighted by Crippen LogP contribution is 2.31. The average Bonchev–Trinajstić information content (AvgIpc) is 3.47. The first-order valence-electron chi connectivity index (χ1n) is 11.1. The number of amides is 1. The molecule has 0 radical (unpaired) electrons. The summed E-state index contributed by atoms with van der Waals surface area (Å²) in [4.78, 5) is 21.3. The number of hydrogen-bond acceptors (Lipinski definition) is 9. The maximum Gasteiger partial charge on any atom is 0.412 e. The Morgan fingerprint density at radius 1 is 1.11 bits per heavy atom. The van der Waals surface area contributed by atoms with Crippen LogP contribution in [0.25, 0.3) is 11.3 Å². The highest BCUT2D eigenvalue weighted by molar-refractivity contribution is 5.85. The third-order valence-electron chi connectivity index (χ3n) is 5.86. The highest BCUT2D eigenvalue weighted by atomic mass is 16.6. The Morgan fingerprint density at radius 2 is 1.94 bits per heavy atom. The van der Waals surface area contributed by atoms with Gasteiger partial charge in [-0.25, -0.2) is 14.8 Å². The van der Waals surface area contributed by atoms with E-state index in [1.54, 1.807) is 37.6 Å². The number of aromatic nitrogens is 2. The monoisotopic (exact) mass is 473 g/mol. The fourth-order valence-electron chi connectivity index (χ4n) is 4.16. The molecular weight excluding hydrogens is 450 g/mol. The molecular formula is C25H23N5O5. The lowest BCUT2D eigenvalue weighted by Gasteiger charge is -2.18. The summed E-state index contributed by atoms with van der Waals surface area (Å²) in [5.41, 5.74) is 2.63. The number of hydrogen-bond donors (Lipinski definition) is 2. The molecule has 0 bridgehead atoms. The molecule has 178 valence electrons. The van der Waals surface area contributed by atoms with E-state index < -0.39 is 18.3 Å². The minimum absolute atomic E-state index is 0.199. The van der Waals surface area contributed by atoms with Crippen molar-refractivity contribution >= 4 is 17.7 Å². The van der Waals surface area contributed by atoms with Gasteiger partial charge in [-0.2, -0.15) is 5.26 Å². The first-order valence-corrected chi connectivity index (χ1v) is 11.1. The highest BCUT2D eigenvalue weighted by Gasteiger charge is 2.49. The molecule has 3 heterocycles. The van der Waals surface area contributed by atoms with Gasteiger partial charge in [0.05, 0.1) is 43.7 Å². The molecule has 35 heavy (non-hydrogen) atoms. The number of nitrogens with zero attached hydrogens (tertiary/aromatic N) is 3. The minimum Gasteiger partial charge on any atom is -0.497 e. The van der Waals surface area contributed by atoms with E-state index in [-0.39, 0.29) is 18.8 Å². The summed E-state index contributed by atoms with van der Waals surface area (Å²) >= 11 is 0. The number of nitriles is 1. The number of anilines is 2. The molecule has 2 N–H and O–H groups in total. The summed E-state index contributed by atoms with van der Waals surface area (Å²) in [7, 11) is 1.63. The molecule has 1 aromatic heterocycles. The molecule has 4 atom stereocenters. The van der Waals surface area contributed by atoms with Crippen LogP contribution >= 0.6 is 0 Å². The largest absolute Gasteiger partial charge is 0.497 e. The average molecular weight is 473 g/mol. The van der Waals surface area contributed by atoms with Gasteiger partial charge in [-0.15, -0.1) is 0 Å². The van der Waals surface area contributed by atoms with Crippen LogP contribution in [0.5, 0.6) is 5.75 Å². The molecule has 5 rings (SSSR count). The molecule has 10 nitrogen and oxygen atoms in total. The Morgan fingerprint density at radius 3 is 2.74 bits per heavy atom. The zero-order valence-electron chi connectivity index (χ0n) is 18.9. The first-order chi connectivity index (χ1) is 17.1. The van der Waals surface area contributed by atoms with Gasteiger partial charge in [-0.1, -0.05) is 6.07 Å². The van der Waals surface area contributed by atoms with Gasteiger partial charge in [-0.3, -0.25) is 5.32 Å². The van der Waals surface area contributed by atoms with E-state index in [2.05, 4.69) is 20.6 Å². The van der Waals surface area contributed by atoms with Crippen LogP contribution in [0, 0.1) is 11.3 Å². The van der Waals surface area contributed by atoms with E-state index in [9.17, 15) is 4.79 Å². The second-order valence-corrected chi connectivity index (χ2v) is 8.10. The fourth-order valence-corrected chi connectivity index (χ4v) is 4.16. The third kappa shape index (κ3) is 5.01. The zero-order valence-corrected chi connectivity index (χ0v) is 18.9. The summed E-state index contributed by atoms with van der Waals surface area (Å²) in [5.74, 6) is 1.23. The second-order valence-electron chi connectivity index (χ2n) is 8.10. The van der Waals surface area contributed by atoms with E-state index >= 15 is 0 Å². The Labute approximate surface area is 201 Å². The number of rotatable bonds is 6. The summed E-state index contributed by atoms with van der Waals surface area (Å²) in [5, 5.41) is 14.9. The molecule has 1 amide bonds. The Hall–Kier alpha value is -4.20. The number of fused-ring (bicyclic) bond motifs is 1. The van der Waals surface area contributed by atoms with Gasteiger partial charge in [0.25, 0.3) is 0 Å². The van der Waals surface area contributed by atoms with Crippen LogP contribution in [0.15, 0.2) is 60.8 Å². The van der Waals surface area contributed by atoms with Crippen LogP contribution in [0.4, 0.5) is 16.4 Å². The summed E-state index contributed by atoms with van der Waals surface area (Å²) in [6.07, 6.45) is -0.228. The standard InChI is InChI=1S/C25H23N5O5/c1-32-18-7-5-16(6-8-18)19-9-10-27-24(29-19)30-20-13-33-23-21(14-34-22(20)23)35-25(31)28-17-4-2-3-15(11-17)12-26/h2-11,20-23H,13-14H2,1H3,(H,28,31)(H,27,29,30). The van der Waals surface area contributed by atoms with Crippen LogP contribution in [-0.4, -0.2) is 60.7 Å². The molecule has 0 saturated carbocycles. The summed E-state index contributed by atoms with van der Waals surface area (Å²) < 4.78 is 22.5. The van der Waals surface area contributed by atoms with Crippen LogP contribution < -0.4 is 15.4 Å². The van der Waals surface area contributed by atoms with Crippen molar-refractivity contribution in [1.82, 2.24) is 9.97 Å². The molecule has 4 unspecified atom stereocenters. The van der Waals surface area contributed by atoms with Crippen molar-refractivity contribution in [1.29, 1.82) is 5.26 Å². The van der Waals surface area contributed by atoms with Crippen molar-refractivity contribution in [2.45, 2.75) is 24.4 Å². The van der Waals surface area contributed by atoms with Crippen LogP contribution in [0.1, 0.15) is 5.56 Å². The maximum atomic E-state index is 12.4. The van der Waals surface area contributed by atoms with Crippen LogP contribution in [-0.2, 0) is 14.2 Å². The number of nitrogens with one attached hydrogen (secondary N) is 2. The molecule has 2 aliphatic rings. The molecule has 3 aromatic rings. The van der Waals surface area contributed by atoms with Crippen LogP contribution in [0.2, 0.25) is 0 Å². The zero-order chi connectivity index (χ0) is 24.2. The van der Waals surface area contributed by atoms with E-state index in [0.717, 1.165) is 17.0 Å². The first kappa shape index (κ1) is 22.6. The molecule has 0 spiro atoms. The topological polar surface area (TPSA) is 128 Å². The third-order valence-corrected chi connectivity index (χ3v) is 5.86. The number of benzene rings is 2. The van der Waals surface area contributed by atoms with E-state index in [0.29, 0.717) is 23.8 Å². The van der Waals surface area contributed by atoms with Gasteiger partial charge < -0.3 is 24.3 Å². The summed E-state index contributed by atoms with van der Waals surface area (Å²) in [6, 6.07) is 17.9. The van der Waals surface area contributed by atoms with Crippen molar-refractivity contribution in [2.75, 3.05) is 31.0 Å². The number of carbonyl (C=O) groups is 1. The van der Waals surface area contributed by atoms with Gasteiger partial charge in [0.1, 0.15) is 18.0 Å². The van der Waals surface area contributed by atoms with Crippen molar-refractivity contribution in [3.63, 3.8) is 0 Å². The second kappa shape index (κ2) is 9.97. The Bertz CT molecular complexity index is 1250. The van der Waals surface area contributed by atoms with Gasteiger partial charge in [-0.05, 0) is 48.5 Å². The number of methoxy groups -OCH3 is 1. The van der Waals surface area contributed by atoms with E-state index in [4.69, 9.17) is 24.2 Å². The lowest BCUT2D eigenvalue weighted by atomic mass is 10.1. The maximum absolute atomic E-state index is 12.4. The molecule has 2 aliphatic heterocycles. The van der Waals surface area contributed by atoms with Crippen molar-refractivity contribution in [3.05, 3.63) is 66.4 Å². The molecule has 10 heteroatoms. The van der Waals surface area contributed by atoms with Gasteiger partial charge in [0, 0.05) is 17.4 Å². The quantitative estimate of drug-likeness (QED) is 0.555. The van der Waals surface area contributed by atoms with Gasteiger partial charge >= 0.3 is 6.09 Å². The molecule has 2 aromatic carbocycles.